The number of aliphatic hydroxyl groups excluding tert-OH is 2. The summed E-state index contributed by atoms with van der Waals surface area (Å²) in [6.07, 6.45) is 41.7. The first kappa shape index (κ1) is 47.6. The lowest BCUT2D eigenvalue weighted by atomic mass is 10.0. The van der Waals surface area contributed by atoms with E-state index in [1.54, 1.807) is 0 Å². The van der Waals surface area contributed by atoms with E-state index in [2.05, 4.69) is 31.3 Å². The van der Waals surface area contributed by atoms with Crippen molar-refractivity contribution in [3.05, 3.63) is 12.2 Å². The number of esters is 1. The minimum atomic E-state index is -0.691. The Hall–Kier alpha value is -1.40. The molecule has 0 aliphatic carbocycles. The normalized spacial score (nSPS) is 12.8. The zero-order valence-electron chi connectivity index (χ0n) is 32.7. The van der Waals surface area contributed by atoms with Crippen molar-refractivity contribution >= 4 is 11.9 Å². The molecule has 0 rings (SSSR count). The molecule has 0 saturated heterocycles. The summed E-state index contributed by atoms with van der Waals surface area (Å²) in [5.74, 6) is -0.133. The highest BCUT2D eigenvalue weighted by molar-refractivity contribution is 5.76. The average Bonchev–Trinajstić information content (AvgIpc) is 3.10. The zero-order chi connectivity index (χ0) is 35.9. The van der Waals surface area contributed by atoms with Gasteiger partial charge in [-0.2, -0.15) is 0 Å². The van der Waals surface area contributed by atoms with Crippen molar-refractivity contribution in [2.75, 3.05) is 13.2 Å². The van der Waals surface area contributed by atoms with Crippen molar-refractivity contribution in [3.63, 3.8) is 0 Å². The Bertz CT molecular complexity index is 727. The highest BCUT2D eigenvalue weighted by Gasteiger charge is 2.19. The molecule has 6 heteroatoms. The number of nitrogens with one attached hydrogen (secondary N) is 1. The first-order valence-electron chi connectivity index (χ1n) is 21.4. The van der Waals surface area contributed by atoms with Gasteiger partial charge in [-0.3, -0.25) is 9.59 Å². The van der Waals surface area contributed by atoms with Crippen LogP contribution in [0.15, 0.2) is 12.2 Å². The van der Waals surface area contributed by atoms with E-state index in [0.717, 1.165) is 70.6 Å². The number of unbranched alkanes of at least 4 members (excludes halogenated alkanes) is 26. The van der Waals surface area contributed by atoms with Crippen LogP contribution in [0.4, 0.5) is 0 Å². The van der Waals surface area contributed by atoms with Crippen LogP contribution in [0.5, 0.6) is 0 Å². The molecule has 0 aromatic heterocycles. The van der Waals surface area contributed by atoms with Crippen molar-refractivity contribution in [2.24, 2.45) is 0 Å². The van der Waals surface area contributed by atoms with Gasteiger partial charge in [-0.15, -0.1) is 0 Å². The standard InChI is InChI=1S/C43H83NO5/c1-3-5-7-9-11-13-15-17-19-23-27-31-35-41(46)40(39-45)44-42(47)36-32-28-24-20-18-22-26-30-34-38-49-43(48)37-33-29-25-21-16-14-12-10-8-6-4-2/h20,24,40-41,45-46H,3-19,21-23,25-39H2,1-2H3,(H,44,47)/b24-20-. The number of aliphatic hydroxyl groups is 2. The average molecular weight is 694 g/mol. The number of allylic oxidation sites excluding steroid dienone is 2. The fraction of sp³-hybridized carbons (Fsp3) is 0.907. The lowest BCUT2D eigenvalue weighted by molar-refractivity contribution is -0.143. The smallest absolute Gasteiger partial charge is 0.305 e. The van der Waals surface area contributed by atoms with Gasteiger partial charge in [-0.05, 0) is 44.9 Å². The van der Waals surface area contributed by atoms with E-state index in [9.17, 15) is 19.8 Å². The molecule has 0 saturated carbocycles. The van der Waals surface area contributed by atoms with Crippen LogP contribution < -0.4 is 5.32 Å². The molecule has 290 valence electrons. The minimum Gasteiger partial charge on any atom is -0.466 e. The predicted molar refractivity (Wildman–Crippen MR) is 209 cm³/mol. The Kier molecular flexibility index (Phi) is 38.3. The summed E-state index contributed by atoms with van der Waals surface area (Å²) in [5, 5.41) is 23.0. The lowest BCUT2D eigenvalue weighted by Crippen LogP contribution is -2.45. The molecular weight excluding hydrogens is 610 g/mol. The van der Waals surface area contributed by atoms with Gasteiger partial charge in [0, 0.05) is 12.8 Å². The molecule has 0 aliphatic rings. The summed E-state index contributed by atoms with van der Waals surface area (Å²) in [5.41, 5.74) is 0. The fourth-order valence-corrected chi connectivity index (χ4v) is 6.46. The Morgan fingerprint density at radius 3 is 1.49 bits per heavy atom. The van der Waals surface area contributed by atoms with E-state index in [4.69, 9.17) is 4.74 Å². The molecular formula is C43H83NO5. The van der Waals surface area contributed by atoms with Gasteiger partial charge in [0.2, 0.25) is 5.91 Å². The van der Waals surface area contributed by atoms with Crippen molar-refractivity contribution in [2.45, 2.75) is 238 Å². The van der Waals surface area contributed by atoms with E-state index < -0.39 is 12.1 Å². The molecule has 1 amide bonds. The zero-order valence-corrected chi connectivity index (χ0v) is 32.7. The summed E-state index contributed by atoms with van der Waals surface area (Å²) in [6, 6.07) is -0.575. The molecule has 49 heavy (non-hydrogen) atoms. The number of rotatable bonds is 39. The summed E-state index contributed by atoms with van der Waals surface area (Å²) < 4.78 is 5.41. The molecule has 2 atom stereocenters. The second kappa shape index (κ2) is 39.4. The number of ether oxygens (including phenoxy) is 1. The number of hydrogen-bond acceptors (Lipinski definition) is 5. The van der Waals surface area contributed by atoms with E-state index in [0.29, 0.717) is 25.9 Å². The van der Waals surface area contributed by atoms with E-state index in [1.807, 2.05) is 0 Å². The van der Waals surface area contributed by atoms with Crippen LogP contribution in [0.3, 0.4) is 0 Å². The maximum absolute atomic E-state index is 12.3. The number of amides is 1. The molecule has 0 fully saturated rings. The van der Waals surface area contributed by atoms with Crippen molar-refractivity contribution in [1.82, 2.24) is 5.32 Å². The quantitative estimate of drug-likeness (QED) is 0.0338. The monoisotopic (exact) mass is 694 g/mol. The first-order chi connectivity index (χ1) is 24.0. The van der Waals surface area contributed by atoms with Crippen LogP contribution in [0, 0.1) is 0 Å². The van der Waals surface area contributed by atoms with Gasteiger partial charge in [0.05, 0.1) is 25.4 Å². The van der Waals surface area contributed by atoms with E-state index >= 15 is 0 Å². The SMILES string of the molecule is CCCCCCCCCCCCCCC(O)C(CO)NC(=O)CCC/C=C\CCCCCCOC(=O)CCCCCCCCCCCCC. The minimum absolute atomic E-state index is 0.0367. The van der Waals surface area contributed by atoms with Gasteiger partial charge < -0.3 is 20.3 Å². The molecule has 0 bridgehead atoms. The predicted octanol–water partition coefficient (Wildman–Crippen LogP) is 11.8. The lowest BCUT2D eigenvalue weighted by Gasteiger charge is -2.22. The van der Waals surface area contributed by atoms with Crippen molar-refractivity contribution in [3.8, 4) is 0 Å². The second-order valence-electron chi connectivity index (χ2n) is 14.7. The maximum atomic E-state index is 12.3. The van der Waals surface area contributed by atoms with Gasteiger partial charge >= 0.3 is 5.97 Å². The summed E-state index contributed by atoms with van der Waals surface area (Å²) in [7, 11) is 0. The molecule has 0 radical (unpaired) electrons. The largest absolute Gasteiger partial charge is 0.466 e. The molecule has 0 spiro atoms. The van der Waals surface area contributed by atoms with Crippen LogP contribution in [0.25, 0.3) is 0 Å². The molecule has 0 aliphatic heterocycles. The third kappa shape index (κ3) is 36.2. The highest BCUT2D eigenvalue weighted by Crippen LogP contribution is 2.15. The maximum Gasteiger partial charge on any atom is 0.305 e. The van der Waals surface area contributed by atoms with Crippen LogP contribution in [0.2, 0.25) is 0 Å². The molecule has 0 heterocycles. The Balaban J connectivity index is 3.57. The number of hydrogen-bond donors (Lipinski definition) is 3. The Labute approximate surface area is 304 Å². The van der Waals surface area contributed by atoms with Crippen molar-refractivity contribution < 1.29 is 24.5 Å². The van der Waals surface area contributed by atoms with Crippen LogP contribution >= 0.6 is 0 Å². The topological polar surface area (TPSA) is 95.9 Å². The fourth-order valence-electron chi connectivity index (χ4n) is 6.46. The second-order valence-corrected chi connectivity index (χ2v) is 14.7. The summed E-state index contributed by atoms with van der Waals surface area (Å²) >= 11 is 0. The molecule has 0 aromatic carbocycles. The third-order valence-corrected chi connectivity index (χ3v) is 9.81. The number of carbonyl (C=O) groups is 2. The van der Waals surface area contributed by atoms with Crippen LogP contribution in [-0.2, 0) is 14.3 Å². The molecule has 2 unspecified atom stereocenters. The molecule has 0 aromatic rings. The van der Waals surface area contributed by atoms with E-state index in [-0.39, 0.29) is 18.5 Å². The Morgan fingerprint density at radius 1 is 0.551 bits per heavy atom. The van der Waals surface area contributed by atoms with Gasteiger partial charge in [-0.1, -0.05) is 180 Å². The van der Waals surface area contributed by atoms with Crippen LogP contribution in [0.1, 0.15) is 226 Å². The van der Waals surface area contributed by atoms with Gasteiger partial charge in [-0.25, -0.2) is 0 Å². The van der Waals surface area contributed by atoms with Gasteiger partial charge in [0.25, 0.3) is 0 Å². The Morgan fingerprint density at radius 2 is 0.980 bits per heavy atom. The van der Waals surface area contributed by atoms with Gasteiger partial charge in [0.1, 0.15) is 0 Å². The summed E-state index contributed by atoms with van der Waals surface area (Å²) in [6.45, 7) is 4.84. The molecule has 6 nitrogen and oxygen atoms in total. The van der Waals surface area contributed by atoms with Crippen molar-refractivity contribution in [1.29, 1.82) is 0 Å². The van der Waals surface area contributed by atoms with Crippen LogP contribution in [-0.4, -0.2) is 47.4 Å². The third-order valence-electron chi connectivity index (χ3n) is 9.81. The van der Waals surface area contributed by atoms with Gasteiger partial charge in [0.15, 0.2) is 0 Å². The summed E-state index contributed by atoms with van der Waals surface area (Å²) in [4.78, 5) is 24.3. The highest BCUT2D eigenvalue weighted by atomic mass is 16.5. The van der Waals surface area contributed by atoms with E-state index in [1.165, 1.54) is 122 Å². The molecule has 3 N–H and O–H groups in total. The number of carbonyl (C=O) groups excluding carboxylic acids is 2. The first-order valence-corrected chi connectivity index (χ1v) is 21.4.